The molecule has 0 aromatic carbocycles. The molecule has 4 nitrogen and oxygen atoms in total. The zero-order valence-electron chi connectivity index (χ0n) is 19.1. The van der Waals surface area contributed by atoms with Crippen molar-refractivity contribution in [1.82, 2.24) is 9.88 Å². The maximum absolute atomic E-state index is 12.9. The number of carbonyl (C=O) groups is 1. The lowest BCUT2D eigenvalue weighted by atomic mass is 9.89. The van der Waals surface area contributed by atoms with Gasteiger partial charge in [-0.25, -0.2) is 0 Å². The Kier molecular flexibility index (Phi) is 6.24. The molecule has 1 amide bonds. The number of aryl methyl sites for hydroxylation is 1. The molecule has 0 saturated heterocycles. The average Bonchev–Trinajstić information content (AvgIpc) is 3.42. The van der Waals surface area contributed by atoms with E-state index in [2.05, 4.69) is 30.0 Å². The van der Waals surface area contributed by atoms with Crippen LogP contribution in [0.25, 0.3) is 0 Å². The van der Waals surface area contributed by atoms with E-state index in [1.54, 1.807) is 0 Å². The molecule has 3 aliphatic heterocycles. The van der Waals surface area contributed by atoms with E-state index in [0.29, 0.717) is 30.2 Å². The van der Waals surface area contributed by atoms with E-state index in [-0.39, 0.29) is 0 Å². The molecule has 1 fully saturated rings. The number of aliphatic imine (C=N–C) groups is 1. The van der Waals surface area contributed by atoms with Gasteiger partial charge >= 0.3 is 0 Å². The van der Waals surface area contributed by atoms with Crippen molar-refractivity contribution in [1.29, 1.82) is 0 Å². The third-order valence-corrected chi connectivity index (χ3v) is 7.83. The van der Waals surface area contributed by atoms with Gasteiger partial charge in [-0.05, 0) is 61.8 Å². The summed E-state index contributed by atoms with van der Waals surface area (Å²) in [5, 5.41) is 0. The maximum atomic E-state index is 12.9. The first kappa shape index (κ1) is 20.9. The largest absolute Gasteiger partial charge is 0.334 e. The highest BCUT2D eigenvalue weighted by atomic mass is 16.2. The number of pyridine rings is 1. The van der Waals surface area contributed by atoms with Crippen LogP contribution < -0.4 is 0 Å². The minimum atomic E-state index is 0.352. The standard InChI is InChI=1S/C27H37N3O/c1-2-19-15-25-23-18-30(17-22(23)21-16-26(21)29-25)27(31)14-9-7-5-3-4-6-8-11-20-12-10-13-24(19)28-20/h10,12-13,19,21,26H,2-9,11,14-18H2,1H3. The number of hydrogen-bond acceptors (Lipinski definition) is 3. The van der Waals surface area contributed by atoms with Gasteiger partial charge in [0.1, 0.15) is 0 Å². The van der Waals surface area contributed by atoms with E-state index in [1.807, 2.05) is 0 Å². The van der Waals surface area contributed by atoms with E-state index in [4.69, 9.17) is 9.98 Å². The molecule has 1 aromatic heterocycles. The van der Waals surface area contributed by atoms with Crippen LogP contribution in [0, 0.1) is 5.92 Å². The molecule has 4 heterocycles. The highest BCUT2D eigenvalue weighted by Gasteiger charge is 2.48. The van der Waals surface area contributed by atoms with Gasteiger partial charge in [-0.2, -0.15) is 0 Å². The van der Waals surface area contributed by atoms with Gasteiger partial charge in [0.2, 0.25) is 5.91 Å². The molecule has 1 aromatic rings. The van der Waals surface area contributed by atoms with Crippen LogP contribution in [0.5, 0.6) is 0 Å². The topological polar surface area (TPSA) is 45.6 Å². The molecule has 1 saturated carbocycles. The molecule has 4 heteroatoms. The summed E-state index contributed by atoms with van der Waals surface area (Å²) < 4.78 is 0. The monoisotopic (exact) mass is 419 g/mol. The molecule has 3 unspecified atom stereocenters. The molecule has 4 aliphatic rings. The van der Waals surface area contributed by atoms with Crippen molar-refractivity contribution in [3.63, 3.8) is 0 Å². The fourth-order valence-corrected chi connectivity index (χ4v) is 5.78. The summed E-state index contributed by atoms with van der Waals surface area (Å²) in [6.07, 6.45) is 13.6. The number of carbonyl (C=O) groups excluding carboxylic acids is 1. The van der Waals surface area contributed by atoms with Gasteiger partial charge in [-0.3, -0.25) is 14.8 Å². The van der Waals surface area contributed by atoms with Crippen LogP contribution in [-0.4, -0.2) is 40.6 Å². The SMILES string of the molecule is CCC1CC2=NC3CC3C3=C2CN(C3)C(=O)CCCCCCCCCc2cccc1n2. The van der Waals surface area contributed by atoms with E-state index in [9.17, 15) is 4.79 Å². The third-order valence-electron chi connectivity index (χ3n) is 7.83. The summed E-state index contributed by atoms with van der Waals surface area (Å²) in [6, 6.07) is 7.09. The zero-order valence-corrected chi connectivity index (χ0v) is 19.1. The Hall–Kier alpha value is -1.97. The molecule has 0 radical (unpaired) electrons. The van der Waals surface area contributed by atoms with E-state index >= 15 is 0 Å². The molecule has 4 bridgehead atoms. The van der Waals surface area contributed by atoms with Crippen molar-refractivity contribution in [3.8, 4) is 0 Å². The second-order valence-electron chi connectivity index (χ2n) is 10.1. The summed E-state index contributed by atoms with van der Waals surface area (Å²) >= 11 is 0. The van der Waals surface area contributed by atoms with Crippen LogP contribution in [0.1, 0.15) is 94.9 Å². The summed E-state index contributed by atoms with van der Waals surface area (Å²) in [5.74, 6) is 1.38. The van der Waals surface area contributed by atoms with Crippen molar-refractivity contribution in [2.75, 3.05) is 13.1 Å². The highest BCUT2D eigenvalue weighted by molar-refractivity contribution is 6.04. The molecule has 3 atom stereocenters. The number of dihydropyridines is 1. The quantitative estimate of drug-likeness (QED) is 0.593. The van der Waals surface area contributed by atoms with Crippen LogP contribution in [0.3, 0.4) is 0 Å². The molecule has 31 heavy (non-hydrogen) atoms. The molecular formula is C27H37N3O. The number of fused-ring (bicyclic) bond motifs is 5. The van der Waals surface area contributed by atoms with Crippen molar-refractivity contribution in [3.05, 3.63) is 40.7 Å². The fraction of sp³-hybridized carbons (Fsp3) is 0.667. The lowest BCUT2D eigenvalue weighted by molar-refractivity contribution is -0.130. The van der Waals surface area contributed by atoms with Crippen LogP contribution in [-0.2, 0) is 11.2 Å². The van der Waals surface area contributed by atoms with Gasteiger partial charge in [0.05, 0.1) is 6.04 Å². The number of hydrogen-bond donors (Lipinski definition) is 0. The molecule has 0 spiro atoms. The number of rotatable bonds is 1. The van der Waals surface area contributed by atoms with Crippen molar-refractivity contribution in [2.24, 2.45) is 10.9 Å². The lowest BCUT2D eigenvalue weighted by Gasteiger charge is -2.21. The Morgan fingerprint density at radius 2 is 1.77 bits per heavy atom. The first-order valence-electron chi connectivity index (χ1n) is 12.8. The van der Waals surface area contributed by atoms with Gasteiger partial charge in [-0.1, -0.05) is 45.1 Å². The predicted molar refractivity (Wildman–Crippen MR) is 125 cm³/mol. The summed E-state index contributed by atoms with van der Waals surface area (Å²) in [4.78, 5) is 25.3. The third kappa shape index (κ3) is 4.63. The second kappa shape index (κ2) is 9.26. The van der Waals surface area contributed by atoms with Crippen LogP contribution in [0.2, 0.25) is 0 Å². The fourth-order valence-electron chi connectivity index (χ4n) is 5.78. The van der Waals surface area contributed by atoms with E-state index in [1.165, 1.54) is 73.2 Å². The van der Waals surface area contributed by atoms with Crippen molar-refractivity contribution >= 4 is 11.6 Å². The number of nitrogens with zero attached hydrogens (tertiary/aromatic N) is 3. The molecule has 5 rings (SSSR count). The van der Waals surface area contributed by atoms with Gasteiger partial charge in [0.15, 0.2) is 0 Å². The van der Waals surface area contributed by atoms with E-state index < -0.39 is 0 Å². The minimum Gasteiger partial charge on any atom is -0.334 e. The Morgan fingerprint density at radius 1 is 1.00 bits per heavy atom. The van der Waals surface area contributed by atoms with Crippen molar-refractivity contribution < 1.29 is 4.79 Å². The van der Waals surface area contributed by atoms with E-state index in [0.717, 1.165) is 38.8 Å². The van der Waals surface area contributed by atoms with Crippen LogP contribution in [0.15, 0.2) is 34.3 Å². The molecule has 0 N–H and O–H groups in total. The van der Waals surface area contributed by atoms with Crippen LogP contribution in [0.4, 0.5) is 0 Å². The highest BCUT2D eigenvalue weighted by Crippen LogP contribution is 2.48. The predicted octanol–water partition coefficient (Wildman–Crippen LogP) is 5.62. The molecular weight excluding hydrogens is 382 g/mol. The molecule has 1 aliphatic carbocycles. The maximum Gasteiger partial charge on any atom is 0.223 e. The Balaban J connectivity index is 1.38. The summed E-state index contributed by atoms with van der Waals surface area (Å²) in [6.45, 7) is 3.93. The molecule has 166 valence electrons. The Morgan fingerprint density at radius 3 is 2.58 bits per heavy atom. The van der Waals surface area contributed by atoms with Crippen LogP contribution >= 0.6 is 0 Å². The number of amides is 1. The lowest BCUT2D eigenvalue weighted by Crippen LogP contribution is -2.30. The average molecular weight is 420 g/mol. The van der Waals surface area contributed by atoms with Gasteiger partial charge in [-0.15, -0.1) is 0 Å². The zero-order chi connectivity index (χ0) is 21.2. The van der Waals surface area contributed by atoms with Gasteiger partial charge in [0, 0.05) is 48.4 Å². The smallest absolute Gasteiger partial charge is 0.223 e. The normalized spacial score (nSPS) is 29.6. The second-order valence-corrected chi connectivity index (χ2v) is 10.1. The summed E-state index contributed by atoms with van der Waals surface area (Å²) in [5.41, 5.74) is 6.70. The van der Waals surface area contributed by atoms with Gasteiger partial charge in [0.25, 0.3) is 0 Å². The first-order chi connectivity index (χ1) is 15.2. The Labute approximate surface area is 187 Å². The van der Waals surface area contributed by atoms with Crippen molar-refractivity contribution in [2.45, 2.75) is 95.9 Å². The Bertz CT molecular complexity index is 886. The number of aromatic nitrogens is 1. The minimum absolute atomic E-state index is 0.352. The first-order valence-corrected chi connectivity index (χ1v) is 12.8. The van der Waals surface area contributed by atoms with Gasteiger partial charge < -0.3 is 4.90 Å². The summed E-state index contributed by atoms with van der Waals surface area (Å²) in [7, 11) is 0.